The van der Waals surface area contributed by atoms with Gasteiger partial charge >= 0.3 is 0 Å². The monoisotopic (exact) mass is 476 g/mol. The van der Waals surface area contributed by atoms with Crippen LogP contribution in [0.1, 0.15) is 55.4 Å². The maximum atomic E-state index is 8.14. The molecule has 0 aliphatic carbocycles. The average Bonchev–Trinajstić information content (AvgIpc) is 2.40. The molecule has 0 amide bonds. The molecule has 0 atom stereocenters. The van der Waals surface area contributed by atoms with Gasteiger partial charge in [-0.3, -0.25) is 0 Å². The van der Waals surface area contributed by atoms with Gasteiger partial charge in [0, 0.05) is 52.3 Å². The van der Waals surface area contributed by atoms with E-state index in [2.05, 4.69) is 0 Å². The zero-order valence-corrected chi connectivity index (χ0v) is 19.0. The Morgan fingerprint density at radius 1 is 0.429 bits per heavy atom. The van der Waals surface area contributed by atoms with Gasteiger partial charge in [0.2, 0.25) is 0 Å². The van der Waals surface area contributed by atoms with Gasteiger partial charge in [0.1, 0.15) is 0 Å². The second-order valence-corrected chi connectivity index (χ2v) is 6.31. The molecular formula is C16H40HfO4. The van der Waals surface area contributed by atoms with Crippen molar-refractivity contribution in [1.29, 1.82) is 0 Å². The van der Waals surface area contributed by atoms with E-state index >= 15 is 0 Å². The summed E-state index contributed by atoms with van der Waals surface area (Å²) in [6.07, 6.45) is 0. The fourth-order valence-electron chi connectivity index (χ4n) is 0. The van der Waals surface area contributed by atoms with Crippen LogP contribution in [-0.2, 0) is 25.8 Å². The van der Waals surface area contributed by atoms with Gasteiger partial charge in [-0.1, -0.05) is 55.4 Å². The molecule has 0 heterocycles. The van der Waals surface area contributed by atoms with Crippen molar-refractivity contribution in [1.82, 2.24) is 0 Å². The van der Waals surface area contributed by atoms with E-state index in [1.807, 2.05) is 55.4 Å². The van der Waals surface area contributed by atoms with Crippen molar-refractivity contribution in [3.8, 4) is 0 Å². The number of aliphatic hydroxyl groups excluding tert-OH is 4. The fourth-order valence-corrected chi connectivity index (χ4v) is 0. The van der Waals surface area contributed by atoms with Gasteiger partial charge < -0.3 is 20.4 Å². The first kappa shape index (κ1) is 33.3. The molecule has 0 bridgehead atoms. The Labute approximate surface area is 151 Å². The van der Waals surface area contributed by atoms with E-state index in [-0.39, 0.29) is 25.8 Å². The van der Waals surface area contributed by atoms with E-state index in [0.717, 1.165) is 0 Å². The van der Waals surface area contributed by atoms with Crippen molar-refractivity contribution in [3.05, 3.63) is 0 Å². The SMILES string of the molecule is CC(C)CO.CC(C)CO.CC(C)CO.CC(C)CO.[Hf]. The molecule has 0 radical (unpaired) electrons. The Kier molecular flexibility index (Phi) is 45.8. The largest absolute Gasteiger partial charge is 0.396 e. The Morgan fingerprint density at radius 2 is 0.476 bits per heavy atom. The summed E-state index contributed by atoms with van der Waals surface area (Å²) in [5.74, 6) is 1.76. The van der Waals surface area contributed by atoms with Crippen molar-refractivity contribution in [2.45, 2.75) is 55.4 Å². The van der Waals surface area contributed by atoms with Crippen molar-refractivity contribution < 1.29 is 46.3 Å². The summed E-state index contributed by atoms with van der Waals surface area (Å²) in [5.41, 5.74) is 0. The van der Waals surface area contributed by atoms with Crippen LogP contribution in [0.5, 0.6) is 0 Å². The Hall–Kier alpha value is 0.710. The normalized spacial score (nSPS) is 9.14. The molecule has 0 saturated carbocycles. The summed E-state index contributed by atoms with van der Waals surface area (Å²) in [6.45, 7) is 17.0. The number of hydrogen-bond acceptors (Lipinski definition) is 4. The summed E-state index contributed by atoms with van der Waals surface area (Å²) in [4.78, 5) is 0. The molecule has 0 rings (SSSR count). The molecule has 0 unspecified atom stereocenters. The third kappa shape index (κ3) is 95.6. The standard InChI is InChI=1S/4C4H10O.Hf/c4*1-4(2)3-5;/h4*4-5H,3H2,1-2H3;. The van der Waals surface area contributed by atoms with E-state index in [4.69, 9.17) is 20.4 Å². The van der Waals surface area contributed by atoms with Crippen LogP contribution >= 0.6 is 0 Å². The molecule has 0 saturated heterocycles. The van der Waals surface area contributed by atoms with Crippen molar-refractivity contribution in [2.75, 3.05) is 26.4 Å². The number of rotatable bonds is 4. The first-order valence-electron chi connectivity index (χ1n) is 7.52. The molecule has 21 heavy (non-hydrogen) atoms. The number of aliphatic hydroxyl groups is 4. The quantitative estimate of drug-likeness (QED) is 0.472. The number of hydrogen-bond donors (Lipinski definition) is 4. The summed E-state index contributed by atoms with van der Waals surface area (Å²) in [5, 5.41) is 32.6. The molecular weight excluding hydrogens is 435 g/mol. The average molecular weight is 475 g/mol. The van der Waals surface area contributed by atoms with Crippen LogP contribution in [0.25, 0.3) is 0 Å². The predicted molar refractivity (Wildman–Crippen MR) is 87.7 cm³/mol. The maximum Gasteiger partial charge on any atom is 0.0453 e. The third-order valence-electron chi connectivity index (χ3n) is 1.46. The zero-order valence-electron chi connectivity index (χ0n) is 15.4. The first-order chi connectivity index (χ1) is 9.08. The summed E-state index contributed by atoms with van der Waals surface area (Å²) in [7, 11) is 0. The maximum absolute atomic E-state index is 8.14. The molecule has 4 nitrogen and oxygen atoms in total. The Balaban J connectivity index is -0.0000000533. The Morgan fingerprint density at radius 3 is 0.476 bits per heavy atom. The molecule has 0 aliphatic heterocycles. The molecule has 0 aliphatic rings. The van der Waals surface area contributed by atoms with Crippen LogP contribution in [0.15, 0.2) is 0 Å². The van der Waals surface area contributed by atoms with Gasteiger partial charge in [-0.15, -0.1) is 0 Å². The molecule has 4 N–H and O–H groups in total. The van der Waals surface area contributed by atoms with Gasteiger partial charge in [0.15, 0.2) is 0 Å². The van der Waals surface area contributed by atoms with Crippen LogP contribution in [-0.4, -0.2) is 46.9 Å². The minimum atomic E-state index is 0. The first-order valence-corrected chi connectivity index (χ1v) is 7.52. The molecule has 0 aromatic heterocycles. The minimum absolute atomic E-state index is 0. The van der Waals surface area contributed by atoms with Gasteiger partial charge in [-0.2, -0.15) is 0 Å². The van der Waals surface area contributed by atoms with Gasteiger partial charge in [0.05, 0.1) is 0 Å². The molecule has 5 heteroatoms. The summed E-state index contributed by atoms with van der Waals surface area (Å²) in [6, 6.07) is 0. The predicted octanol–water partition coefficient (Wildman–Crippen LogP) is 2.54. The third-order valence-corrected chi connectivity index (χ3v) is 1.46. The second-order valence-electron chi connectivity index (χ2n) is 6.31. The van der Waals surface area contributed by atoms with E-state index in [0.29, 0.717) is 50.1 Å². The van der Waals surface area contributed by atoms with Gasteiger partial charge in [-0.05, 0) is 23.7 Å². The Bertz CT molecular complexity index is 108. The molecule has 132 valence electrons. The molecule has 0 spiro atoms. The van der Waals surface area contributed by atoms with Gasteiger partial charge in [0.25, 0.3) is 0 Å². The van der Waals surface area contributed by atoms with Crippen LogP contribution < -0.4 is 0 Å². The topological polar surface area (TPSA) is 80.9 Å². The fraction of sp³-hybridized carbons (Fsp3) is 1.00. The molecule has 0 aromatic carbocycles. The van der Waals surface area contributed by atoms with Crippen molar-refractivity contribution in [3.63, 3.8) is 0 Å². The van der Waals surface area contributed by atoms with Crippen LogP contribution in [0.4, 0.5) is 0 Å². The molecule has 0 aromatic rings. The van der Waals surface area contributed by atoms with E-state index in [1.54, 1.807) is 0 Å². The van der Waals surface area contributed by atoms with E-state index in [1.165, 1.54) is 0 Å². The minimum Gasteiger partial charge on any atom is -0.396 e. The van der Waals surface area contributed by atoms with Crippen LogP contribution in [0.3, 0.4) is 0 Å². The summed E-state index contributed by atoms with van der Waals surface area (Å²) >= 11 is 0. The zero-order chi connectivity index (χ0) is 17.1. The van der Waals surface area contributed by atoms with Crippen molar-refractivity contribution in [2.24, 2.45) is 23.7 Å². The van der Waals surface area contributed by atoms with Crippen molar-refractivity contribution >= 4 is 0 Å². The van der Waals surface area contributed by atoms with Crippen LogP contribution in [0, 0.1) is 23.7 Å². The van der Waals surface area contributed by atoms with Gasteiger partial charge in [-0.25, -0.2) is 0 Å². The van der Waals surface area contributed by atoms with E-state index < -0.39 is 0 Å². The smallest absolute Gasteiger partial charge is 0.0453 e. The van der Waals surface area contributed by atoms with Crippen LogP contribution in [0.2, 0.25) is 0 Å². The van der Waals surface area contributed by atoms with E-state index in [9.17, 15) is 0 Å². The second kappa shape index (κ2) is 28.8. The summed E-state index contributed by atoms with van der Waals surface area (Å²) < 4.78 is 0. The molecule has 0 fully saturated rings.